The van der Waals surface area contributed by atoms with E-state index in [0.29, 0.717) is 0 Å². The molecule has 0 aliphatic rings. The van der Waals surface area contributed by atoms with Gasteiger partial charge >= 0.3 is 0 Å². The van der Waals surface area contributed by atoms with Gasteiger partial charge in [0.2, 0.25) is 5.78 Å². The monoisotopic (exact) mass is 88.0 g/mol. The quantitative estimate of drug-likeness (QED) is 0.420. The van der Waals surface area contributed by atoms with Crippen LogP contribution in [0, 0.1) is 0 Å². The van der Waals surface area contributed by atoms with Crippen LogP contribution in [0.1, 0.15) is 6.92 Å². The van der Waals surface area contributed by atoms with Crippen molar-refractivity contribution in [3.8, 4) is 0 Å². The van der Waals surface area contributed by atoms with E-state index in [9.17, 15) is 9.59 Å². The van der Waals surface area contributed by atoms with Crippen LogP contribution in [0.5, 0.6) is 0 Å². The summed E-state index contributed by atoms with van der Waals surface area (Å²) in [6.45, 7) is 1.10. The topological polar surface area (TPSA) is 60.2 Å². The molecule has 0 aromatic rings. The molecule has 3 heteroatoms. The Morgan fingerprint density at radius 2 is 2.33 bits per heavy atom. The third kappa shape index (κ3) is 1.46. The average molecular weight is 88.1 g/mol. The van der Waals surface area contributed by atoms with Crippen molar-refractivity contribution in [2.75, 3.05) is 0 Å². The van der Waals surface area contributed by atoms with Gasteiger partial charge in [-0.2, -0.15) is 0 Å². The summed E-state index contributed by atoms with van der Waals surface area (Å²) in [5.74, 6) is -1.52. The van der Waals surface area contributed by atoms with E-state index < -0.39 is 11.7 Å². The fraction of sp³-hybridized carbons (Fsp3) is 0.333. The standard InChI is InChI=1S/C3H5NO2/c1-2(5)3(4)6/h1H3,(H2,4,6)/i/hD. The second-order valence-electron chi connectivity index (χ2n) is 0.885. The molecule has 0 fully saturated rings. The minimum atomic E-state index is -0.875. The zero-order valence-corrected chi connectivity index (χ0v) is 3.32. The molecule has 0 saturated carbocycles. The van der Waals surface area contributed by atoms with E-state index in [1.54, 1.807) is 0 Å². The molecule has 0 spiro atoms. The van der Waals surface area contributed by atoms with Crippen molar-refractivity contribution in [1.82, 2.24) is 0 Å². The zero-order chi connectivity index (χ0) is 5.86. The van der Waals surface area contributed by atoms with Crippen molar-refractivity contribution in [2.45, 2.75) is 6.92 Å². The van der Waals surface area contributed by atoms with Crippen molar-refractivity contribution in [2.24, 2.45) is 5.73 Å². The minimum absolute atomic E-state index is 0.644. The number of rotatable bonds is 1. The number of amides is 1. The Labute approximate surface area is 36.6 Å². The van der Waals surface area contributed by atoms with E-state index in [2.05, 4.69) is 0 Å². The molecule has 0 heterocycles. The Balaban J connectivity index is 3.58. The molecule has 0 rings (SSSR count). The second-order valence-corrected chi connectivity index (χ2v) is 0.885. The lowest BCUT2D eigenvalue weighted by atomic mass is 10.4. The van der Waals surface area contributed by atoms with E-state index in [1.165, 1.54) is 5.73 Å². The highest BCUT2D eigenvalue weighted by Crippen LogP contribution is 1.57. The smallest absolute Gasteiger partial charge is 0.284 e. The van der Waals surface area contributed by atoms with Gasteiger partial charge in [0.15, 0.2) is 1.41 Å². The highest BCUT2D eigenvalue weighted by Gasteiger charge is 1.95. The lowest BCUT2D eigenvalue weighted by Gasteiger charge is -1.74. The molecule has 0 radical (unpaired) electrons. The molecule has 34 valence electrons. The van der Waals surface area contributed by atoms with Crippen molar-refractivity contribution >= 4 is 11.7 Å². The van der Waals surface area contributed by atoms with Crippen LogP contribution in [-0.2, 0) is 9.59 Å². The molecule has 6 heavy (non-hydrogen) atoms. The normalized spacial score (nSPS) is 9.17. The number of carbonyl (C=O) groups is 2. The highest BCUT2D eigenvalue weighted by atomic mass is 16.2. The molecular formula is C3H5NO2. The first-order chi connectivity index (χ1) is 3.18. The third-order valence-electron chi connectivity index (χ3n) is 0.320. The summed E-state index contributed by atoms with van der Waals surface area (Å²) in [4.78, 5) is 19.7. The van der Waals surface area contributed by atoms with Crippen molar-refractivity contribution in [3.63, 3.8) is 0 Å². The van der Waals surface area contributed by atoms with Gasteiger partial charge in [0, 0.05) is 6.92 Å². The molecule has 0 unspecified atom stereocenters. The van der Waals surface area contributed by atoms with Crippen LogP contribution < -0.4 is 5.73 Å². The number of nitrogens with two attached hydrogens (primary N) is 1. The van der Waals surface area contributed by atoms with Gasteiger partial charge in [-0.15, -0.1) is 0 Å². The summed E-state index contributed by atoms with van der Waals surface area (Å²) in [7, 11) is 0. The summed E-state index contributed by atoms with van der Waals surface area (Å²) in [6.07, 6.45) is 0. The van der Waals surface area contributed by atoms with Gasteiger partial charge < -0.3 is 5.73 Å². The van der Waals surface area contributed by atoms with Crippen molar-refractivity contribution in [3.05, 3.63) is 0 Å². The molecule has 0 bridgehead atoms. The molecule has 0 saturated heterocycles. The second kappa shape index (κ2) is 1.55. The molecule has 0 aromatic heterocycles. The Hall–Kier alpha value is -0.860. The minimum Gasteiger partial charge on any atom is -0.363 e. The van der Waals surface area contributed by atoms with Crippen molar-refractivity contribution < 1.29 is 11.0 Å². The first-order valence-corrected chi connectivity index (χ1v) is 1.41. The van der Waals surface area contributed by atoms with Crippen LogP contribution in [0.15, 0.2) is 0 Å². The van der Waals surface area contributed by atoms with Gasteiger partial charge in [0.1, 0.15) is 0 Å². The third-order valence-corrected chi connectivity index (χ3v) is 0.320. The van der Waals surface area contributed by atoms with E-state index in [1.807, 2.05) is 0 Å². The molecule has 3 nitrogen and oxygen atoms in total. The van der Waals surface area contributed by atoms with Gasteiger partial charge in [-0.3, -0.25) is 9.59 Å². The summed E-state index contributed by atoms with van der Waals surface area (Å²) in [6, 6.07) is 0. The van der Waals surface area contributed by atoms with Gasteiger partial charge in [0.25, 0.3) is 5.91 Å². The Morgan fingerprint density at radius 3 is 2.33 bits per heavy atom. The summed E-state index contributed by atoms with van der Waals surface area (Å²) in [5, 5.41) is 0. The maximum Gasteiger partial charge on any atom is 0.284 e. The molecule has 2 N–H and O–H groups in total. The van der Waals surface area contributed by atoms with Crippen LogP contribution >= 0.6 is 0 Å². The summed E-state index contributed by atoms with van der Waals surface area (Å²) >= 11 is 0. The van der Waals surface area contributed by atoms with Gasteiger partial charge in [-0.25, -0.2) is 0 Å². The number of primary amides is 1. The fourth-order valence-electron chi connectivity index (χ4n) is 0. The first kappa shape index (κ1) is 3.33. The highest BCUT2D eigenvalue weighted by molar-refractivity contribution is 6.34. The number of Topliss-reactive ketones (excluding diaryl/α,β-unsaturated/α-hetero) is 1. The predicted octanol–water partition coefficient (Wildman–Crippen LogP) is -0.939. The number of ketones is 1. The summed E-state index contributed by atoms with van der Waals surface area (Å²) < 4.78 is 6.12. The Kier molecular flexibility index (Phi) is 0.859. The maximum absolute atomic E-state index is 9.86. The van der Waals surface area contributed by atoms with Crippen LogP contribution in [0.4, 0.5) is 0 Å². The lowest BCUT2D eigenvalue weighted by molar-refractivity contribution is -0.134. The lowest BCUT2D eigenvalue weighted by Crippen LogP contribution is -2.19. The predicted molar refractivity (Wildman–Crippen MR) is 19.9 cm³/mol. The SMILES string of the molecule is [2H]NC(=O)C(C)=O. The molecule has 0 aliphatic carbocycles. The van der Waals surface area contributed by atoms with E-state index in [4.69, 9.17) is 1.41 Å². The zero-order valence-electron chi connectivity index (χ0n) is 4.32. The van der Waals surface area contributed by atoms with Gasteiger partial charge in [-0.05, 0) is 0 Å². The summed E-state index contributed by atoms with van der Waals surface area (Å²) in [5.41, 5.74) is 1.43. The fourth-order valence-corrected chi connectivity index (χ4v) is 0. The van der Waals surface area contributed by atoms with Crippen LogP contribution in [-0.4, -0.2) is 11.7 Å². The van der Waals surface area contributed by atoms with Gasteiger partial charge in [-0.1, -0.05) is 0 Å². The molecular weight excluding hydrogens is 82.0 g/mol. The van der Waals surface area contributed by atoms with Gasteiger partial charge in [0.05, 0.1) is 0 Å². The maximum atomic E-state index is 9.86. The molecule has 0 aliphatic heterocycles. The van der Waals surface area contributed by atoms with E-state index in [-0.39, 0.29) is 0 Å². The average Bonchev–Trinajstić information content (AvgIpc) is 1.65. The van der Waals surface area contributed by atoms with Crippen LogP contribution in [0.2, 0.25) is 1.41 Å². The van der Waals surface area contributed by atoms with Crippen LogP contribution in [0.25, 0.3) is 0 Å². The Bertz CT molecular complexity index is 101. The first-order valence-electron chi connectivity index (χ1n) is 1.91. The molecule has 0 aromatic carbocycles. The van der Waals surface area contributed by atoms with Crippen molar-refractivity contribution in [1.29, 1.82) is 0 Å². The number of hydrogen-bond acceptors (Lipinski definition) is 2. The number of carbonyl (C=O) groups excluding carboxylic acids is 2. The van der Waals surface area contributed by atoms with E-state index >= 15 is 0 Å². The molecule has 0 atom stereocenters. The number of hydrogen-bond donors (Lipinski definition) is 1. The Morgan fingerprint density at radius 1 is 1.83 bits per heavy atom. The van der Waals surface area contributed by atoms with E-state index in [0.717, 1.165) is 6.92 Å². The largest absolute Gasteiger partial charge is 0.363 e. The van der Waals surface area contributed by atoms with Crippen LogP contribution in [0.3, 0.4) is 0 Å². The molecule has 1 amide bonds.